The van der Waals surface area contributed by atoms with Crippen LogP contribution < -0.4 is 0 Å². The van der Waals surface area contributed by atoms with E-state index in [1.54, 1.807) is 6.20 Å². The second-order valence-corrected chi connectivity index (χ2v) is 7.24. The number of pyridine rings is 1. The second-order valence-electron chi connectivity index (χ2n) is 4.53. The normalized spacial score (nSPS) is 11.3. The van der Waals surface area contributed by atoms with E-state index in [9.17, 15) is 5.11 Å². The molecule has 126 valence electrons. The quantitative estimate of drug-likeness (QED) is 0.209. The lowest BCUT2D eigenvalue weighted by Crippen LogP contribution is -1.80. The van der Waals surface area contributed by atoms with E-state index in [0.29, 0.717) is 26.6 Å². The molecule has 0 spiro atoms. The highest BCUT2D eigenvalue weighted by Gasteiger charge is 2.16. The Labute approximate surface area is 165 Å². The predicted octanol–water partition coefficient (Wildman–Crippen LogP) is 7.05. The van der Waals surface area contributed by atoms with E-state index in [-0.39, 0.29) is 26.5 Å². The van der Waals surface area contributed by atoms with Crippen LogP contribution in [0.3, 0.4) is 0 Å². The van der Waals surface area contributed by atoms with Crippen LogP contribution >= 0.6 is 58.1 Å². The smallest absolute Gasteiger partial charge is 0.245 e. The van der Waals surface area contributed by atoms with Gasteiger partial charge in [-0.25, -0.2) is 9.22 Å². The topological polar surface area (TPSA) is 75.1 Å². The largest absolute Gasteiger partial charge is 0.505 e. The highest BCUT2D eigenvalue weighted by atomic mass is 35.5. The molecule has 11 heteroatoms. The average molecular weight is 431 g/mol. The van der Waals surface area contributed by atoms with Gasteiger partial charge in [0.1, 0.15) is 15.7 Å². The number of hydrogen-bond acceptors (Lipinski definition) is 7. The van der Waals surface area contributed by atoms with Crippen LogP contribution in [0.5, 0.6) is 5.75 Å². The summed E-state index contributed by atoms with van der Waals surface area (Å²) in [6, 6.07) is 1.35. The van der Waals surface area contributed by atoms with Gasteiger partial charge in [-0.05, 0) is 23.9 Å². The summed E-state index contributed by atoms with van der Waals surface area (Å²) in [6.45, 7) is 7.32. The highest BCUT2D eigenvalue weighted by molar-refractivity contribution is 7.98. The summed E-state index contributed by atoms with van der Waals surface area (Å²) in [5.74, 6) is -0.314. The van der Waals surface area contributed by atoms with Gasteiger partial charge in [0.15, 0.2) is 10.8 Å². The zero-order valence-corrected chi connectivity index (χ0v) is 16.2. The molecule has 0 atom stereocenters. The van der Waals surface area contributed by atoms with E-state index < -0.39 is 0 Å². The number of nitrogens with zero attached hydrogens (tertiary/aromatic N) is 5. The van der Waals surface area contributed by atoms with Crippen molar-refractivity contribution in [2.24, 2.45) is 10.2 Å². The minimum atomic E-state index is -0.314. The van der Waals surface area contributed by atoms with Crippen molar-refractivity contribution in [3.05, 3.63) is 38.7 Å². The third kappa shape index (κ3) is 3.26. The summed E-state index contributed by atoms with van der Waals surface area (Å²) < 4.78 is 4.28. The maximum atomic E-state index is 9.65. The molecule has 0 fully saturated rings. The van der Waals surface area contributed by atoms with Crippen LogP contribution in [0, 0.1) is 6.57 Å². The van der Waals surface area contributed by atoms with Gasteiger partial charge in [-0.2, -0.15) is 0 Å². The number of benzene rings is 1. The standard InChI is InChI=1S/C14H6Cl3N5OS2/c1-18-11-10-5(4-19-14(11)24-2)13(25-22-10)21-20-7-3-6(15)12(23)9(17)8(7)16/h3-4,23H,2H3. The highest BCUT2D eigenvalue weighted by Crippen LogP contribution is 2.45. The van der Waals surface area contributed by atoms with E-state index in [4.69, 9.17) is 41.4 Å². The summed E-state index contributed by atoms with van der Waals surface area (Å²) in [7, 11) is 0. The van der Waals surface area contributed by atoms with Gasteiger partial charge < -0.3 is 5.11 Å². The Morgan fingerprint density at radius 2 is 2.04 bits per heavy atom. The molecule has 0 aliphatic carbocycles. The molecule has 0 saturated heterocycles. The monoisotopic (exact) mass is 429 g/mol. The van der Waals surface area contributed by atoms with Crippen LogP contribution in [0.15, 0.2) is 27.5 Å². The molecule has 6 nitrogen and oxygen atoms in total. The summed E-state index contributed by atoms with van der Waals surface area (Å²) in [4.78, 5) is 7.76. The minimum absolute atomic E-state index is 0.0130. The number of aromatic hydroxyl groups is 1. The molecule has 1 N–H and O–H groups in total. The molecule has 0 saturated carbocycles. The van der Waals surface area contributed by atoms with Crippen molar-refractivity contribution >= 4 is 85.4 Å². The van der Waals surface area contributed by atoms with Gasteiger partial charge in [-0.15, -0.1) is 22.0 Å². The number of azo groups is 1. The first kappa shape index (κ1) is 18.2. The summed E-state index contributed by atoms with van der Waals surface area (Å²) >= 11 is 20.3. The van der Waals surface area contributed by atoms with E-state index in [0.717, 1.165) is 11.5 Å². The Morgan fingerprint density at radius 3 is 2.72 bits per heavy atom. The third-order valence-electron chi connectivity index (χ3n) is 3.12. The first-order valence-electron chi connectivity index (χ1n) is 6.46. The van der Waals surface area contributed by atoms with Gasteiger partial charge in [-0.1, -0.05) is 34.8 Å². The van der Waals surface area contributed by atoms with Crippen molar-refractivity contribution in [1.29, 1.82) is 0 Å². The fourth-order valence-corrected chi connectivity index (χ4v) is 3.74. The molecule has 2 aromatic heterocycles. The van der Waals surface area contributed by atoms with Crippen molar-refractivity contribution in [3.63, 3.8) is 0 Å². The SMILES string of the molecule is [C-]#[N+]c1c(SC)ncc2c(N=Nc3cc(Cl)c(O)c(Cl)c3Cl)snc12. The number of hydrogen-bond donors (Lipinski definition) is 1. The van der Waals surface area contributed by atoms with Crippen LogP contribution in [0.2, 0.25) is 15.1 Å². The van der Waals surface area contributed by atoms with Crippen LogP contribution in [0.1, 0.15) is 0 Å². The molecular formula is C14H6Cl3N5OS2. The van der Waals surface area contributed by atoms with Gasteiger partial charge in [0.25, 0.3) is 0 Å². The lowest BCUT2D eigenvalue weighted by atomic mass is 10.3. The molecule has 3 rings (SSSR count). The van der Waals surface area contributed by atoms with Crippen molar-refractivity contribution in [3.8, 4) is 5.75 Å². The van der Waals surface area contributed by atoms with Gasteiger partial charge in [-0.3, -0.25) is 4.98 Å². The molecule has 3 aromatic rings. The third-order valence-corrected chi connectivity index (χ3v) is 5.68. The molecule has 25 heavy (non-hydrogen) atoms. The Balaban J connectivity index is 2.08. The summed E-state index contributed by atoms with van der Waals surface area (Å²) in [5, 5.41) is 19.4. The molecule has 0 bridgehead atoms. The van der Waals surface area contributed by atoms with E-state index in [2.05, 4.69) is 24.4 Å². The zero-order chi connectivity index (χ0) is 18.1. The van der Waals surface area contributed by atoms with E-state index in [1.807, 2.05) is 6.26 Å². The number of fused-ring (bicyclic) bond motifs is 1. The lowest BCUT2D eigenvalue weighted by Gasteiger charge is -2.04. The molecule has 2 heterocycles. The number of halogens is 3. The number of thioether (sulfide) groups is 1. The number of phenolic OH excluding ortho intramolecular Hbond substituents is 1. The molecule has 0 amide bonds. The second kappa shape index (κ2) is 7.32. The van der Waals surface area contributed by atoms with Crippen LogP contribution in [-0.2, 0) is 0 Å². The molecule has 0 unspecified atom stereocenters. The van der Waals surface area contributed by atoms with Crippen molar-refractivity contribution in [2.75, 3.05) is 6.26 Å². The Hall–Kier alpha value is -1.63. The fourth-order valence-electron chi connectivity index (χ4n) is 1.93. The summed E-state index contributed by atoms with van der Waals surface area (Å²) in [5.41, 5.74) is 1.12. The number of phenols is 1. The number of aromatic nitrogens is 2. The van der Waals surface area contributed by atoms with Crippen molar-refractivity contribution in [1.82, 2.24) is 9.36 Å². The van der Waals surface area contributed by atoms with Gasteiger partial charge in [0.05, 0.1) is 22.1 Å². The van der Waals surface area contributed by atoms with Crippen LogP contribution in [0.25, 0.3) is 15.7 Å². The maximum absolute atomic E-state index is 9.65. The van der Waals surface area contributed by atoms with Gasteiger partial charge in [0.2, 0.25) is 5.69 Å². The Morgan fingerprint density at radius 1 is 1.28 bits per heavy atom. The average Bonchev–Trinajstić information content (AvgIpc) is 3.04. The van der Waals surface area contributed by atoms with E-state index >= 15 is 0 Å². The van der Waals surface area contributed by atoms with Crippen LogP contribution in [-0.4, -0.2) is 20.7 Å². The first-order valence-corrected chi connectivity index (χ1v) is 9.59. The van der Waals surface area contributed by atoms with Crippen LogP contribution in [0.4, 0.5) is 16.4 Å². The van der Waals surface area contributed by atoms with E-state index in [1.165, 1.54) is 17.8 Å². The molecule has 1 aromatic carbocycles. The molecule has 0 aliphatic rings. The van der Waals surface area contributed by atoms with Gasteiger partial charge in [0, 0.05) is 11.6 Å². The Kier molecular flexibility index (Phi) is 5.32. The lowest BCUT2D eigenvalue weighted by molar-refractivity contribution is 0.476. The molecule has 0 radical (unpaired) electrons. The summed E-state index contributed by atoms with van der Waals surface area (Å²) in [6.07, 6.45) is 3.45. The molecule has 0 aliphatic heterocycles. The van der Waals surface area contributed by atoms with Gasteiger partial charge >= 0.3 is 0 Å². The zero-order valence-electron chi connectivity index (χ0n) is 12.3. The van der Waals surface area contributed by atoms with Crippen molar-refractivity contribution in [2.45, 2.75) is 5.03 Å². The minimum Gasteiger partial charge on any atom is -0.505 e. The Bertz CT molecular complexity index is 1060. The van der Waals surface area contributed by atoms with Crippen molar-refractivity contribution < 1.29 is 5.11 Å². The number of rotatable bonds is 3. The maximum Gasteiger partial charge on any atom is 0.245 e. The first-order chi connectivity index (χ1) is 12.0. The molecular weight excluding hydrogens is 425 g/mol. The predicted molar refractivity (Wildman–Crippen MR) is 103 cm³/mol. The fraction of sp³-hybridized carbons (Fsp3) is 0.0714.